The molecule has 0 fully saturated rings. The molecule has 2 nitrogen and oxygen atoms in total. The SMILES string of the molecule is COP(N(C)C)C(C)(C)C. The second-order valence-electron chi connectivity index (χ2n) is 3.47. The molecule has 0 N–H and O–H groups in total. The zero-order chi connectivity index (χ0) is 8.36. The smallest absolute Gasteiger partial charge is 0.108 e. The van der Waals surface area contributed by atoms with Gasteiger partial charge in [-0.2, -0.15) is 0 Å². The first kappa shape index (κ1) is 10.3. The first-order chi connectivity index (χ1) is 4.39. The number of nitrogens with zero attached hydrogens (tertiary/aromatic N) is 1. The fraction of sp³-hybridized carbons (Fsp3) is 1.00. The normalized spacial score (nSPS) is 15.9. The maximum absolute atomic E-state index is 5.37. The summed E-state index contributed by atoms with van der Waals surface area (Å²) in [6, 6.07) is 0. The quantitative estimate of drug-likeness (QED) is 0.579. The van der Waals surface area contributed by atoms with Crippen LogP contribution in [0.3, 0.4) is 0 Å². The molecule has 0 saturated heterocycles. The fourth-order valence-corrected chi connectivity index (χ4v) is 3.11. The van der Waals surface area contributed by atoms with Crippen LogP contribution in [0.1, 0.15) is 20.8 Å². The van der Waals surface area contributed by atoms with Gasteiger partial charge >= 0.3 is 0 Å². The Hall–Kier alpha value is 0.350. The largest absolute Gasteiger partial charge is 0.346 e. The van der Waals surface area contributed by atoms with Crippen molar-refractivity contribution in [2.24, 2.45) is 0 Å². The van der Waals surface area contributed by atoms with Crippen LogP contribution < -0.4 is 0 Å². The lowest BCUT2D eigenvalue weighted by molar-refractivity contribution is 0.395. The second kappa shape index (κ2) is 3.66. The van der Waals surface area contributed by atoms with E-state index >= 15 is 0 Å². The average Bonchev–Trinajstić information content (AvgIpc) is 1.60. The summed E-state index contributed by atoms with van der Waals surface area (Å²) >= 11 is 0. The van der Waals surface area contributed by atoms with Crippen LogP contribution in [-0.2, 0) is 4.52 Å². The summed E-state index contributed by atoms with van der Waals surface area (Å²) < 4.78 is 7.52. The summed E-state index contributed by atoms with van der Waals surface area (Å²) in [5, 5.41) is 0.258. The Bertz CT molecular complexity index is 98.3. The van der Waals surface area contributed by atoms with Gasteiger partial charge in [0.1, 0.15) is 8.30 Å². The number of hydrogen-bond donors (Lipinski definition) is 0. The molecule has 10 heavy (non-hydrogen) atoms. The maximum atomic E-state index is 5.37. The van der Waals surface area contributed by atoms with Crippen LogP contribution in [0.25, 0.3) is 0 Å². The molecular formula is C7H18NOP. The van der Waals surface area contributed by atoms with E-state index in [1.54, 1.807) is 7.11 Å². The predicted molar refractivity (Wildman–Crippen MR) is 47.4 cm³/mol. The highest BCUT2D eigenvalue weighted by Gasteiger charge is 2.26. The molecule has 0 aromatic carbocycles. The summed E-state index contributed by atoms with van der Waals surface area (Å²) in [5.41, 5.74) is 0. The van der Waals surface area contributed by atoms with Gasteiger partial charge in [-0.25, -0.2) is 0 Å². The highest BCUT2D eigenvalue weighted by atomic mass is 31.2. The van der Waals surface area contributed by atoms with Crippen LogP contribution in [0.15, 0.2) is 0 Å². The van der Waals surface area contributed by atoms with E-state index in [1.165, 1.54) is 0 Å². The topological polar surface area (TPSA) is 12.5 Å². The minimum atomic E-state index is -0.425. The molecule has 0 rings (SSSR count). The summed E-state index contributed by atoms with van der Waals surface area (Å²) in [6.45, 7) is 6.59. The minimum Gasteiger partial charge on any atom is -0.346 e. The number of rotatable bonds is 2. The molecule has 0 saturated carbocycles. The van der Waals surface area contributed by atoms with Crippen LogP contribution in [0.5, 0.6) is 0 Å². The van der Waals surface area contributed by atoms with Crippen molar-refractivity contribution in [2.45, 2.75) is 25.9 Å². The van der Waals surface area contributed by atoms with Crippen molar-refractivity contribution in [3.05, 3.63) is 0 Å². The minimum absolute atomic E-state index is 0.258. The van der Waals surface area contributed by atoms with Gasteiger partial charge in [0.2, 0.25) is 0 Å². The molecule has 0 amide bonds. The molecule has 0 heterocycles. The van der Waals surface area contributed by atoms with E-state index in [-0.39, 0.29) is 5.16 Å². The third-order valence-electron chi connectivity index (χ3n) is 1.11. The molecule has 0 spiro atoms. The molecule has 3 heteroatoms. The van der Waals surface area contributed by atoms with E-state index in [0.29, 0.717) is 0 Å². The van der Waals surface area contributed by atoms with Crippen molar-refractivity contribution < 1.29 is 4.52 Å². The Balaban J connectivity index is 4.07. The third-order valence-corrected chi connectivity index (χ3v) is 3.33. The van der Waals surface area contributed by atoms with Gasteiger partial charge in [0, 0.05) is 12.3 Å². The first-order valence-electron chi connectivity index (χ1n) is 3.41. The van der Waals surface area contributed by atoms with Gasteiger partial charge in [-0.3, -0.25) is 4.67 Å². The van der Waals surface area contributed by atoms with E-state index < -0.39 is 8.30 Å². The monoisotopic (exact) mass is 163 g/mol. The highest BCUT2D eigenvalue weighted by Crippen LogP contribution is 2.50. The molecule has 1 atom stereocenters. The van der Waals surface area contributed by atoms with E-state index in [2.05, 4.69) is 39.5 Å². The van der Waals surface area contributed by atoms with Gasteiger partial charge in [-0.05, 0) is 14.1 Å². The zero-order valence-corrected chi connectivity index (χ0v) is 8.70. The van der Waals surface area contributed by atoms with Crippen molar-refractivity contribution in [1.29, 1.82) is 0 Å². The van der Waals surface area contributed by atoms with Gasteiger partial charge in [0.25, 0.3) is 0 Å². The Morgan fingerprint density at radius 2 is 1.60 bits per heavy atom. The van der Waals surface area contributed by atoms with Crippen molar-refractivity contribution >= 4 is 8.30 Å². The summed E-state index contributed by atoms with van der Waals surface area (Å²) in [7, 11) is 5.46. The molecule has 1 unspecified atom stereocenters. The summed E-state index contributed by atoms with van der Waals surface area (Å²) in [4.78, 5) is 0. The van der Waals surface area contributed by atoms with E-state index in [1.807, 2.05) is 0 Å². The number of hydrogen-bond acceptors (Lipinski definition) is 2. The molecule has 0 aromatic rings. The van der Waals surface area contributed by atoms with Crippen LogP contribution in [-0.4, -0.2) is 31.0 Å². The van der Waals surface area contributed by atoms with E-state index in [4.69, 9.17) is 4.52 Å². The lowest BCUT2D eigenvalue weighted by atomic mass is 10.3. The van der Waals surface area contributed by atoms with E-state index in [0.717, 1.165) is 0 Å². The van der Waals surface area contributed by atoms with Crippen LogP contribution in [0.2, 0.25) is 0 Å². The first-order valence-corrected chi connectivity index (χ1v) is 4.62. The Morgan fingerprint density at radius 1 is 1.20 bits per heavy atom. The van der Waals surface area contributed by atoms with Gasteiger partial charge < -0.3 is 4.52 Å². The molecule has 0 aliphatic rings. The zero-order valence-electron chi connectivity index (χ0n) is 7.80. The van der Waals surface area contributed by atoms with Crippen LogP contribution in [0, 0.1) is 0 Å². The molecule has 0 aliphatic carbocycles. The maximum Gasteiger partial charge on any atom is 0.108 e. The lowest BCUT2D eigenvalue weighted by Crippen LogP contribution is -2.21. The Kier molecular flexibility index (Phi) is 3.79. The third kappa shape index (κ3) is 2.96. The Morgan fingerprint density at radius 3 is 1.60 bits per heavy atom. The van der Waals surface area contributed by atoms with Gasteiger partial charge in [0.15, 0.2) is 0 Å². The molecule has 0 aliphatic heterocycles. The molecular weight excluding hydrogens is 145 g/mol. The van der Waals surface area contributed by atoms with Crippen LogP contribution >= 0.6 is 8.30 Å². The van der Waals surface area contributed by atoms with Crippen molar-refractivity contribution in [1.82, 2.24) is 4.67 Å². The van der Waals surface area contributed by atoms with Crippen molar-refractivity contribution in [2.75, 3.05) is 21.2 Å². The van der Waals surface area contributed by atoms with Crippen LogP contribution in [0.4, 0.5) is 0 Å². The molecule has 62 valence electrons. The second-order valence-corrected chi connectivity index (χ2v) is 6.53. The van der Waals surface area contributed by atoms with Crippen molar-refractivity contribution in [3.63, 3.8) is 0 Å². The lowest BCUT2D eigenvalue weighted by Gasteiger charge is -2.33. The van der Waals surface area contributed by atoms with Crippen molar-refractivity contribution in [3.8, 4) is 0 Å². The highest BCUT2D eigenvalue weighted by molar-refractivity contribution is 7.51. The standard InChI is InChI=1S/C7H18NOP/c1-7(2,3)10(9-6)8(4)5/h1-6H3. The van der Waals surface area contributed by atoms with Gasteiger partial charge in [-0.1, -0.05) is 20.8 Å². The molecule has 0 bridgehead atoms. The van der Waals surface area contributed by atoms with Gasteiger partial charge in [0.05, 0.1) is 0 Å². The van der Waals surface area contributed by atoms with E-state index in [9.17, 15) is 0 Å². The average molecular weight is 163 g/mol. The predicted octanol–water partition coefficient (Wildman–Crippen LogP) is 2.30. The van der Waals surface area contributed by atoms with Gasteiger partial charge in [-0.15, -0.1) is 0 Å². The molecule has 0 radical (unpaired) electrons. The molecule has 0 aromatic heterocycles. The fourth-order valence-electron chi connectivity index (χ4n) is 1.04. The summed E-state index contributed by atoms with van der Waals surface area (Å²) in [6.07, 6.45) is 0. The Labute approximate surface area is 65.4 Å². The summed E-state index contributed by atoms with van der Waals surface area (Å²) in [5.74, 6) is 0.